The van der Waals surface area contributed by atoms with Gasteiger partial charge in [0.2, 0.25) is 0 Å². The van der Waals surface area contributed by atoms with Gasteiger partial charge >= 0.3 is 5.97 Å². The molecule has 4 aromatic rings. The first-order valence-corrected chi connectivity index (χ1v) is 14.4. The van der Waals surface area contributed by atoms with Crippen LogP contribution in [0.5, 0.6) is 17.2 Å². The summed E-state index contributed by atoms with van der Waals surface area (Å²) in [7, 11) is 3.08. The number of nitrogens with zero attached hydrogens (tertiary/aromatic N) is 3. The zero-order valence-corrected chi connectivity index (χ0v) is 25.3. The molecule has 2 heterocycles. The number of methoxy groups -OCH3 is 2. The Morgan fingerprint density at radius 2 is 1.77 bits per heavy atom. The van der Waals surface area contributed by atoms with Crippen LogP contribution in [0.15, 0.2) is 87.8 Å². The minimum atomic E-state index is -0.733. The summed E-state index contributed by atoms with van der Waals surface area (Å²) in [5, 5.41) is 10.9. The SMILES string of the molecule is CCOC(=O)C1=C(C)N=c2s/c(=C/c3ccc(OCc4ccc([N+](=O)[O-])cc4)c(OC)c3)c(=O)n2C1c1ccc(OC)cc1. The zero-order valence-electron chi connectivity index (χ0n) is 24.4. The first kappa shape index (κ1) is 30.2. The number of non-ortho nitro benzene ring substituents is 1. The Morgan fingerprint density at radius 1 is 1.05 bits per heavy atom. The summed E-state index contributed by atoms with van der Waals surface area (Å²) >= 11 is 1.22. The van der Waals surface area contributed by atoms with Crippen molar-refractivity contribution in [3.63, 3.8) is 0 Å². The zero-order chi connectivity index (χ0) is 31.4. The van der Waals surface area contributed by atoms with Gasteiger partial charge in [0.15, 0.2) is 16.3 Å². The predicted molar refractivity (Wildman–Crippen MR) is 164 cm³/mol. The van der Waals surface area contributed by atoms with E-state index in [4.69, 9.17) is 18.9 Å². The lowest BCUT2D eigenvalue weighted by Gasteiger charge is -2.24. The van der Waals surface area contributed by atoms with Crippen molar-refractivity contribution < 1.29 is 28.7 Å². The lowest BCUT2D eigenvalue weighted by Crippen LogP contribution is -2.39. The topological polar surface area (TPSA) is 131 Å². The number of esters is 1. The summed E-state index contributed by atoms with van der Waals surface area (Å²) in [6, 6.07) is 17.8. The largest absolute Gasteiger partial charge is 0.497 e. The molecule has 12 heteroatoms. The number of carbonyl (C=O) groups excluding carboxylic acids is 1. The standard InChI is InChI=1S/C32H29N3O8S/c1-5-42-31(37)28-19(2)33-32-34(29(28)22-9-13-24(40-3)14-10-22)30(36)27(44-32)17-21-8-15-25(26(16-21)41-4)43-18-20-6-11-23(12-7-20)35(38)39/h6-17,29H,5,18H2,1-4H3/b27-17+. The van der Waals surface area contributed by atoms with Gasteiger partial charge in [-0.2, -0.15) is 0 Å². The van der Waals surface area contributed by atoms with Crippen LogP contribution in [0.3, 0.4) is 0 Å². The summed E-state index contributed by atoms with van der Waals surface area (Å²) in [6.07, 6.45) is 1.74. The summed E-state index contributed by atoms with van der Waals surface area (Å²) in [6.45, 7) is 3.83. The van der Waals surface area contributed by atoms with Crippen molar-refractivity contribution in [1.82, 2.24) is 4.57 Å². The highest BCUT2D eigenvalue weighted by atomic mass is 32.1. The van der Waals surface area contributed by atoms with Crippen LogP contribution in [0, 0.1) is 10.1 Å². The normalized spacial score (nSPS) is 14.5. The number of hydrogen-bond donors (Lipinski definition) is 0. The molecule has 0 saturated carbocycles. The smallest absolute Gasteiger partial charge is 0.338 e. The van der Waals surface area contributed by atoms with Crippen molar-refractivity contribution in [2.45, 2.75) is 26.5 Å². The number of benzene rings is 3. The van der Waals surface area contributed by atoms with Gasteiger partial charge in [0.1, 0.15) is 12.4 Å². The van der Waals surface area contributed by atoms with Crippen molar-refractivity contribution in [2.24, 2.45) is 4.99 Å². The summed E-state index contributed by atoms with van der Waals surface area (Å²) < 4.78 is 24.0. The van der Waals surface area contributed by atoms with Gasteiger partial charge in [-0.1, -0.05) is 29.5 Å². The molecular formula is C32H29N3O8S. The molecule has 1 aliphatic heterocycles. The van der Waals surface area contributed by atoms with Gasteiger partial charge in [-0.15, -0.1) is 0 Å². The molecule has 0 spiro atoms. The van der Waals surface area contributed by atoms with E-state index in [1.165, 1.54) is 35.1 Å². The van der Waals surface area contributed by atoms with E-state index in [-0.39, 0.29) is 24.5 Å². The molecule has 0 amide bonds. The van der Waals surface area contributed by atoms with E-state index in [0.717, 1.165) is 5.56 Å². The third kappa shape index (κ3) is 6.11. The van der Waals surface area contributed by atoms with Crippen molar-refractivity contribution in [1.29, 1.82) is 0 Å². The Hall–Kier alpha value is -5.23. The molecule has 0 aliphatic carbocycles. The molecule has 1 aliphatic rings. The number of allylic oxidation sites excluding steroid dienone is 1. The number of nitro benzene ring substituents is 1. The highest BCUT2D eigenvalue weighted by Crippen LogP contribution is 2.32. The van der Waals surface area contributed by atoms with Gasteiger partial charge in [-0.05, 0) is 73.0 Å². The molecule has 1 atom stereocenters. The average Bonchev–Trinajstić information content (AvgIpc) is 3.33. The summed E-state index contributed by atoms with van der Waals surface area (Å²) in [5.41, 5.74) is 2.64. The molecule has 0 bridgehead atoms. The van der Waals surface area contributed by atoms with Gasteiger partial charge < -0.3 is 18.9 Å². The molecule has 44 heavy (non-hydrogen) atoms. The number of thiazole rings is 1. The molecule has 226 valence electrons. The van der Waals surface area contributed by atoms with Crippen LogP contribution in [0.4, 0.5) is 5.69 Å². The Morgan fingerprint density at radius 3 is 2.41 bits per heavy atom. The third-order valence-electron chi connectivity index (χ3n) is 6.98. The fourth-order valence-electron chi connectivity index (χ4n) is 4.81. The maximum Gasteiger partial charge on any atom is 0.338 e. The van der Waals surface area contributed by atoms with E-state index in [1.807, 2.05) is 12.1 Å². The highest BCUT2D eigenvalue weighted by Gasteiger charge is 2.33. The van der Waals surface area contributed by atoms with E-state index in [0.29, 0.717) is 49.0 Å². The van der Waals surface area contributed by atoms with Crippen LogP contribution in [-0.2, 0) is 16.1 Å². The lowest BCUT2D eigenvalue weighted by molar-refractivity contribution is -0.384. The Kier molecular flexibility index (Phi) is 8.91. The minimum Gasteiger partial charge on any atom is -0.497 e. The summed E-state index contributed by atoms with van der Waals surface area (Å²) in [4.78, 5) is 42.5. The second-order valence-electron chi connectivity index (χ2n) is 9.70. The van der Waals surface area contributed by atoms with Gasteiger partial charge in [-0.25, -0.2) is 9.79 Å². The van der Waals surface area contributed by atoms with Crippen LogP contribution < -0.4 is 29.1 Å². The summed E-state index contributed by atoms with van der Waals surface area (Å²) in [5.74, 6) is 1.04. The molecule has 0 radical (unpaired) electrons. The maximum absolute atomic E-state index is 13.9. The molecule has 1 unspecified atom stereocenters. The van der Waals surface area contributed by atoms with Crippen LogP contribution in [0.2, 0.25) is 0 Å². The second kappa shape index (κ2) is 13.0. The van der Waals surface area contributed by atoms with Crippen LogP contribution in [0.1, 0.15) is 36.6 Å². The van der Waals surface area contributed by atoms with Gasteiger partial charge in [-0.3, -0.25) is 19.5 Å². The lowest BCUT2D eigenvalue weighted by atomic mass is 9.96. The van der Waals surface area contributed by atoms with Crippen LogP contribution >= 0.6 is 11.3 Å². The molecule has 1 aromatic heterocycles. The number of aromatic nitrogens is 1. The monoisotopic (exact) mass is 615 g/mol. The van der Waals surface area contributed by atoms with Crippen molar-refractivity contribution in [2.75, 3.05) is 20.8 Å². The Bertz CT molecular complexity index is 1930. The Balaban J connectivity index is 1.50. The molecule has 3 aromatic carbocycles. The number of fused-ring (bicyclic) bond motifs is 1. The number of nitro groups is 1. The van der Waals surface area contributed by atoms with E-state index >= 15 is 0 Å². The molecule has 11 nitrogen and oxygen atoms in total. The van der Waals surface area contributed by atoms with Crippen LogP contribution in [-0.4, -0.2) is 36.3 Å². The number of carbonyl (C=O) groups is 1. The second-order valence-corrected chi connectivity index (χ2v) is 10.7. The van der Waals surface area contributed by atoms with Crippen LogP contribution in [0.25, 0.3) is 6.08 Å². The van der Waals surface area contributed by atoms with Crippen molar-refractivity contribution in [3.05, 3.63) is 124 Å². The molecule has 0 N–H and O–H groups in total. The Labute approximate surface area is 256 Å². The molecule has 0 saturated heterocycles. The van der Waals surface area contributed by atoms with E-state index in [1.54, 1.807) is 69.5 Å². The van der Waals surface area contributed by atoms with E-state index < -0.39 is 16.9 Å². The number of rotatable bonds is 10. The fourth-order valence-corrected chi connectivity index (χ4v) is 5.86. The predicted octanol–water partition coefficient (Wildman–Crippen LogP) is 4.30. The highest BCUT2D eigenvalue weighted by molar-refractivity contribution is 7.07. The fraction of sp³-hybridized carbons (Fsp3) is 0.219. The molecule has 0 fully saturated rings. The van der Waals surface area contributed by atoms with E-state index in [9.17, 15) is 19.7 Å². The number of hydrogen-bond acceptors (Lipinski definition) is 10. The van der Waals surface area contributed by atoms with Gasteiger partial charge in [0.05, 0.1) is 47.6 Å². The van der Waals surface area contributed by atoms with Crippen molar-refractivity contribution >= 4 is 29.1 Å². The third-order valence-corrected chi connectivity index (χ3v) is 7.96. The molecular weight excluding hydrogens is 586 g/mol. The van der Waals surface area contributed by atoms with Gasteiger partial charge in [0, 0.05) is 12.1 Å². The van der Waals surface area contributed by atoms with Gasteiger partial charge in [0.25, 0.3) is 11.2 Å². The first-order chi connectivity index (χ1) is 21.2. The van der Waals surface area contributed by atoms with E-state index in [2.05, 4.69) is 4.99 Å². The van der Waals surface area contributed by atoms with Crippen molar-refractivity contribution in [3.8, 4) is 17.2 Å². The maximum atomic E-state index is 13.9. The first-order valence-electron chi connectivity index (χ1n) is 13.6. The average molecular weight is 616 g/mol. The number of ether oxygens (including phenoxy) is 4. The minimum absolute atomic E-state index is 0.00330. The quantitative estimate of drug-likeness (QED) is 0.147. The molecule has 5 rings (SSSR count).